The second-order valence-corrected chi connectivity index (χ2v) is 17.0. The van der Waals surface area contributed by atoms with Crippen LogP contribution in [0.2, 0.25) is 0 Å². The number of fused-ring (bicyclic) bond motifs is 4. The summed E-state index contributed by atoms with van der Waals surface area (Å²) in [7, 11) is 0. The summed E-state index contributed by atoms with van der Waals surface area (Å²) in [5.41, 5.74) is 6.83. The minimum Gasteiger partial charge on any atom is -0.504 e. The zero-order chi connectivity index (χ0) is 36.5. The van der Waals surface area contributed by atoms with Crippen LogP contribution in [0.15, 0.2) is 24.3 Å². The number of aromatic hydroxyl groups is 7. The predicted molar refractivity (Wildman–Crippen MR) is 202 cm³/mol. The average Bonchev–Trinajstić information content (AvgIpc) is 3.04. The molecule has 0 spiro atoms. The third-order valence-corrected chi connectivity index (χ3v) is 12.9. The summed E-state index contributed by atoms with van der Waals surface area (Å²) in [6.07, 6.45) is 2.80. The highest BCUT2D eigenvalue weighted by atomic mass is 16.3. The Morgan fingerprint density at radius 3 is 1.35 bits per heavy atom. The van der Waals surface area contributed by atoms with Gasteiger partial charge in [-0.2, -0.15) is 0 Å². The van der Waals surface area contributed by atoms with Gasteiger partial charge in [-0.15, -0.1) is 0 Å². The largest absolute Gasteiger partial charge is 0.504 e. The molecule has 0 atom stereocenters. The van der Waals surface area contributed by atoms with Crippen LogP contribution < -0.4 is 0 Å². The summed E-state index contributed by atoms with van der Waals surface area (Å²) in [4.78, 5) is 0. The lowest BCUT2D eigenvalue weighted by atomic mass is 9.61. The lowest BCUT2D eigenvalue weighted by Crippen LogP contribution is -2.27. The van der Waals surface area contributed by atoms with Gasteiger partial charge in [0.15, 0.2) is 23.0 Å². The van der Waals surface area contributed by atoms with Crippen molar-refractivity contribution in [2.75, 3.05) is 0 Å². The van der Waals surface area contributed by atoms with Gasteiger partial charge in [-0.25, -0.2) is 0 Å². The topological polar surface area (TPSA) is 142 Å². The molecule has 7 nitrogen and oxygen atoms in total. The monoisotopic (exact) mass is 684 g/mol. The van der Waals surface area contributed by atoms with E-state index in [4.69, 9.17) is 0 Å². The van der Waals surface area contributed by atoms with Gasteiger partial charge in [0, 0.05) is 33.1 Å². The van der Waals surface area contributed by atoms with Crippen molar-refractivity contribution >= 4 is 32.3 Å². The molecule has 0 bridgehead atoms. The van der Waals surface area contributed by atoms with Gasteiger partial charge in [-0.05, 0) is 114 Å². The van der Waals surface area contributed by atoms with Crippen LogP contribution in [-0.4, -0.2) is 35.7 Å². The zero-order valence-corrected chi connectivity index (χ0v) is 30.3. The van der Waals surface area contributed by atoms with E-state index in [1.165, 1.54) is 0 Å². The highest BCUT2D eigenvalue weighted by Crippen LogP contribution is 2.66. The van der Waals surface area contributed by atoms with Gasteiger partial charge >= 0.3 is 0 Å². The van der Waals surface area contributed by atoms with E-state index in [2.05, 4.69) is 65.8 Å². The number of phenolic OH excluding ortho intramolecular Hbond substituents is 7. The molecule has 0 saturated heterocycles. The van der Waals surface area contributed by atoms with Crippen molar-refractivity contribution in [3.63, 3.8) is 0 Å². The molecule has 3 aliphatic carbocycles. The van der Waals surface area contributed by atoms with Crippen molar-refractivity contribution in [1.29, 1.82) is 0 Å². The summed E-state index contributed by atoms with van der Waals surface area (Å²) in [5.74, 6) is -3.24. The maximum atomic E-state index is 11.7. The Hall–Kier alpha value is -5.04. The first kappa shape index (κ1) is 31.9. The van der Waals surface area contributed by atoms with Crippen LogP contribution in [0, 0.1) is 0 Å². The number of hydrogen-bond acceptors (Lipinski definition) is 7. The average molecular weight is 685 g/mol. The highest BCUT2D eigenvalue weighted by Gasteiger charge is 2.46. The number of hydrogen-bond donors (Lipinski definition) is 7. The second-order valence-electron chi connectivity index (χ2n) is 17.0. The fourth-order valence-electron chi connectivity index (χ4n) is 10.1. The molecule has 6 aromatic carbocycles. The predicted octanol–water partition coefficient (Wildman–Crippen LogP) is 10.7. The molecule has 3 aliphatic rings. The first-order valence-corrected chi connectivity index (χ1v) is 18.1. The summed E-state index contributed by atoms with van der Waals surface area (Å²) in [5, 5.41) is 85.2. The molecule has 262 valence electrons. The molecule has 0 unspecified atom stereocenters. The molecule has 1 fully saturated rings. The standard InChI is InChI=1S/C44H44O7/c1-16(2)19-15-26-29-24(33-35(44(26,7)8)39(48)42(51)41(50)37(33)46)13-22-20(17(3)4)14-25-28-23(12-21(19)31(29)30(22)28)32-27(18-10-9-11-18)36(45)40(49)38(47)34(32)43(25,5)6/h12-18,45-51H,9-11H2,1-8H3. The van der Waals surface area contributed by atoms with Gasteiger partial charge in [0.1, 0.15) is 0 Å². The first-order chi connectivity index (χ1) is 23.9. The van der Waals surface area contributed by atoms with Crippen LogP contribution in [0.1, 0.15) is 131 Å². The SMILES string of the molecule is CC(C)c1cc2c3c(cc4c(C(C)C)cc5c6c(cc1c3c46)-c1c(C3CCC3)c(O)c(O)c(O)c1C5(C)C)-c1c(O)c(O)c(O)c(O)c1C2(C)C. The van der Waals surface area contributed by atoms with Crippen LogP contribution >= 0.6 is 0 Å². The summed E-state index contributed by atoms with van der Waals surface area (Å²) >= 11 is 0. The number of phenols is 7. The zero-order valence-electron chi connectivity index (χ0n) is 30.3. The first-order valence-electron chi connectivity index (χ1n) is 18.1. The highest BCUT2D eigenvalue weighted by molar-refractivity contribution is 6.33. The van der Waals surface area contributed by atoms with Crippen LogP contribution in [-0.2, 0) is 10.8 Å². The van der Waals surface area contributed by atoms with E-state index in [-0.39, 0.29) is 29.3 Å². The van der Waals surface area contributed by atoms with Crippen molar-refractivity contribution < 1.29 is 35.7 Å². The van der Waals surface area contributed by atoms with Crippen LogP contribution in [0.5, 0.6) is 40.2 Å². The Morgan fingerprint density at radius 2 is 0.922 bits per heavy atom. The smallest absolute Gasteiger partial charge is 0.204 e. The van der Waals surface area contributed by atoms with E-state index in [9.17, 15) is 35.7 Å². The third kappa shape index (κ3) is 3.55. The van der Waals surface area contributed by atoms with Gasteiger partial charge in [0.05, 0.1) is 0 Å². The van der Waals surface area contributed by atoms with Crippen molar-refractivity contribution in [3.05, 3.63) is 63.2 Å². The van der Waals surface area contributed by atoms with Gasteiger partial charge in [0.2, 0.25) is 17.2 Å². The van der Waals surface area contributed by atoms with E-state index in [1.807, 2.05) is 13.8 Å². The minimum atomic E-state index is -0.886. The molecule has 7 heteroatoms. The molecule has 0 aliphatic heterocycles. The van der Waals surface area contributed by atoms with Crippen molar-refractivity contribution in [3.8, 4) is 62.5 Å². The number of rotatable bonds is 3. The van der Waals surface area contributed by atoms with Crippen LogP contribution in [0.4, 0.5) is 0 Å². The summed E-state index contributed by atoms with van der Waals surface area (Å²) in [6.45, 7) is 16.7. The van der Waals surface area contributed by atoms with E-state index >= 15 is 0 Å². The lowest BCUT2D eigenvalue weighted by Gasteiger charge is -2.42. The van der Waals surface area contributed by atoms with Crippen LogP contribution in [0.3, 0.4) is 0 Å². The van der Waals surface area contributed by atoms with Gasteiger partial charge in [-0.3, -0.25) is 0 Å². The van der Waals surface area contributed by atoms with E-state index in [1.54, 1.807) is 0 Å². The molecule has 0 heterocycles. The quantitative estimate of drug-likeness (QED) is 0.0559. The molecule has 6 aromatic rings. The van der Waals surface area contributed by atoms with Crippen LogP contribution in [0.25, 0.3) is 54.6 Å². The molecule has 1 saturated carbocycles. The Kier molecular flexibility index (Phi) is 6.03. The van der Waals surface area contributed by atoms with E-state index < -0.39 is 39.6 Å². The lowest BCUT2D eigenvalue weighted by molar-refractivity contribution is 0.340. The molecule has 9 rings (SSSR count). The normalized spacial score (nSPS) is 17.1. The fraction of sp³-hybridized carbons (Fsp3) is 0.364. The molecule has 51 heavy (non-hydrogen) atoms. The Labute approximate surface area is 296 Å². The molecular formula is C44H44O7. The minimum absolute atomic E-state index is 0.0484. The summed E-state index contributed by atoms with van der Waals surface area (Å²) < 4.78 is 0. The third-order valence-electron chi connectivity index (χ3n) is 12.9. The van der Waals surface area contributed by atoms with Gasteiger partial charge in [0.25, 0.3) is 0 Å². The maximum absolute atomic E-state index is 11.7. The Balaban J connectivity index is 1.61. The summed E-state index contributed by atoms with van der Waals surface area (Å²) in [6, 6.07) is 8.67. The maximum Gasteiger partial charge on any atom is 0.204 e. The van der Waals surface area contributed by atoms with Crippen molar-refractivity contribution in [1.82, 2.24) is 0 Å². The van der Waals surface area contributed by atoms with Gasteiger partial charge < -0.3 is 35.7 Å². The van der Waals surface area contributed by atoms with Gasteiger partial charge in [-0.1, -0.05) is 73.9 Å². The van der Waals surface area contributed by atoms with E-state index in [0.717, 1.165) is 85.0 Å². The van der Waals surface area contributed by atoms with E-state index in [0.29, 0.717) is 27.8 Å². The molecule has 0 amide bonds. The molecule has 0 radical (unpaired) electrons. The number of benzene rings is 6. The Bertz CT molecular complexity index is 2580. The fourth-order valence-corrected chi connectivity index (χ4v) is 10.1. The second kappa shape index (κ2) is 9.64. The Morgan fingerprint density at radius 1 is 0.510 bits per heavy atom. The van der Waals surface area contributed by atoms with Crippen molar-refractivity contribution in [2.45, 2.75) is 103 Å². The van der Waals surface area contributed by atoms with Crippen molar-refractivity contribution in [2.24, 2.45) is 0 Å². The molecular weight excluding hydrogens is 640 g/mol. The molecule has 0 aromatic heterocycles. The molecule has 7 N–H and O–H groups in total.